The van der Waals surface area contributed by atoms with Crippen molar-refractivity contribution < 1.29 is 8.42 Å². The molecular weight excluding hydrogens is 321 g/mol. The molecule has 0 spiro atoms. The molecule has 2 aromatic heterocycles. The Bertz CT molecular complexity index is 604. The summed E-state index contributed by atoms with van der Waals surface area (Å²) in [5.41, 5.74) is 0. The third kappa shape index (κ3) is 3.21. The van der Waals surface area contributed by atoms with Crippen molar-refractivity contribution in [1.82, 2.24) is 4.72 Å². The van der Waals surface area contributed by atoms with Crippen LogP contribution in [0.1, 0.15) is 4.88 Å². The van der Waals surface area contributed by atoms with Gasteiger partial charge in [-0.25, -0.2) is 13.1 Å². The third-order valence-electron chi connectivity index (χ3n) is 1.93. The molecule has 8 heteroatoms. The van der Waals surface area contributed by atoms with E-state index in [0.29, 0.717) is 4.34 Å². The maximum atomic E-state index is 11.9. The summed E-state index contributed by atoms with van der Waals surface area (Å²) in [6, 6.07) is 5.07. The van der Waals surface area contributed by atoms with Crippen LogP contribution in [0.3, 0.4) is 0 Å². The first kappa shape index (κ1) is 13.3. The maximum Gasteiger partial charge on any atom is 0.243 e. The molecule has 2 aromatic rings. The summed E-state index contributed by atoms with van der Waals surface area (Å²) >= 11 is 14.0. The van der Waals surface area contributed by atoms with Crippen LogP contribution < -0.4 is 4.72 Å². The van der Waals surface area contributed by atoms with E-state index in [4.69, 9.17) is 23.2 Å². The molecule has 0 aliphatic heterocycles. The molecule has 2 heterocycles. The van der Waals surface area contributed by atoms with Gasteiger partial charge in [0.1, 0.15) is 9.23 Å². The topological polar surface area (TPSA) is 46.2 Å². The molecule has 1 N–H and O–H groups in total. The van der Waals surface area contributed by atoms with Crippen LogP contribution in [0.15, 0.2) is 28.5 Å². The molecule has 0 atom stereocenters. The SMILES string of the molecule is O=S(=O)(NCc1cccs1)c1cc(Cl)sc1Cl. The zero-order chi connectivity index (χ0) is 12.5. The Morgan fingerprint density at radius 2 is 2.12 bits per heavy atom. The Labute approximate surface area is 117 Å². The van der Waals surface area contributed by atoms with E-state index in [1.165, 1.54) is 17.4 Å². The zero-order valence-electron chi connectivity index (χ0n) is 8.31. The fourth-order valence-electron chi connectivity index (χ4n) is 1.17. The molecule has 0 aromatic carbocycles. The average Bonchev–Trinajstić information content (AvgIpc) is 2.85. The van der Waals surface area contributed by atoms with Crippen molar-refractivity contribution in [2.75, 3.05) is 0 Å². The summed E-state index contributed by atoms with van der Waals surface area (Å²) in [4.78, 5) is 0.969. The minimum absolute atomic E-state index is 0.0331. The van der Waals surface area contributed by atoms with Crippen molar-refractivity contribution >= 4 is 55.9 Å². The quantitative estimate of drug-likeness (QED) is 0.932. The van der Waals surface area contributed by atoms with Crippen molar-refractivity contribution in [3.8, 4) is 0 Å². The molecule has 0 saturated carbocycles. The highest BCUT2D eigenvalue weighted by atomic mass is 35.5. The monoisotopic (exact) mass is 327 g/mol. The van der Waals surface area contributed by atoms with Crippen LogP contribution in [0, 0.1) is 0 Å². The van der Waals surface area contributed by atoms with E-state index in [-0.39, 0.29) is 15.8 Å². The number of sulfonamides is 1. The lowest BCUT2D eigenvalue weighted by Crippen LogP contribution is -2.22. The highest BCUT2D eigenvalue weighted by Crippen LogP contribution is 2.34. The van der Waals surface area contributed by atoms with Gasteiger partial charge in [-0.3, -0.25) is 0 Å². The number of rotatable bonds is 4. The highest BCUT2D eigenvalue weighted by molar-refractivity contribution is 7.89. The summed E-state index contributed by atoms with van der Waals surface area (Å²) in [6.07, 6.45) is 0. The Kier molecular flexibility index (Phi) is 4.12. The molecular formula is C9H7Cl2NO2S3. The van der Waals surface area contributed by atoms with E-state index >= 15 is 0 Å². The van der Waals surface area contributed by atoms with Gasteiger partial charge in [-0.1, -0.05) is 29.3 Å². The smallest absolute Gasteiger partial charge is 0.207 e. The third-order valence-corrected chi connectivity index (χ3v) is 5.96. The first-order chi connectivity index (χ1) is 7.99. The van der Waals surface area contributed by atoms with Gasteiger partial charge in [-0.05, 0) is 17.5 Å². The average molecular weight is 328 g/mol. The minimum atomic E-state index is -3.60. The molecule has 0 aliphatic carbocycles. The molecule has 2 rings (SSSR count). The van der Waals surface area contributed by atoms with E-state index in [9.17, 15) is 8.42 Å². The van der Waals surface area contributed by atoms with Crippen molar-refractivity contribution in [2.24, 2.45) is 0 Å². The van der Waals surface area contributed by atoms with Gasteiger partial charge >= 0.3 is 0 Å². The van der Waals surface area contributed by atoms with Crippen molar-refractivity contribution in [3.05, 3.63) is 37.1 Å². The summed E-state index contributed by atoms with van der Waals surface area (Å²) in [5.74, 6) is 0. The summed E-state index contributed by atoms with van der Waals surface area (Å²) in [5, 5.41) is 1.89. The normalized spacial score (nSPS) is 11.9. The van der Waals surface area contributed by atoms with Crippen LogP contribution in [0.4, 0.5) is 0 Å². The van der Waals surface area contributed by atoms with Gasteiger partial charge < -0.3 is 0 Å². The van der Waals surface area contributed by atoms with Crippen LogP contribution in [-0.4, -0.2) is 8.42 Å². The van der Waals surface area contributed by atoms with Gasteiger partial charge in [0.15, 0.2) is 0 Å². The predicted molar refractivity (Wildman–Crippen MR) is 72.7 cm³/mol. The van der Waals surface area contributed by atoms with Crippen LogP contribution in [-0.2, 0) is 16.6 Å². The van der Waals surface area contributed by atoms with E-state index in [1.54, 1.807) is 0 Å². The fourth-order valence-corrected chi connectivity index (χ4v) is 5.06. The predicted octanol–water partition coefficient (Wildman–Crippen LogP) is 3.59. The lowest BCUT2D eigenvalue weighted by molar-refractivity contribution is 0.582. The lowest BCUT2D eigenvalue weighted by atomic mass is 10.5. The summed E-state index contributed by atoms with van der Waals surface area (Å²) in [6.45, 7) is 0.254. The first-order valence-electron chi connectivity index (χ1n) is 4.46. The summed E-state index contributed by atoms with van der Waals surface area (Å²) < 4.78 is 26.8. The molecule has 0 saturated heterocycles. The number of nitrogens with one attached hydrogen (secondary N) is 1. The largest absolute Gasteiger partial charge is 0.243 e. The second-order valence-electron chi connectivity index (χ2n) is 3.09. The van der Waals surface area contributed by atoms with Gasteiger partial charge in [0.05, 0.1) is 4.34 Å². The van der Waals surface area contributed by atoms with Gasteiger partial charge in [0.25, 0.3) is 0 Å². The van der Waals surface area contributed by atoms with E-state index in [1.807, 2.05) is 17.5 Å². The Morgan fingerprint density at radius 1 is 1.35 bits per heavy atom. The molecule has 0 radical (unpaired) electrons. The van der Waals surface area contributed by atoms with Crippen LogP contribution in [0.25, 0.3) is 0 Å². The van der Waals surface area contributed by atoms with Crippen molar-refractivity contribution in [3.63, 3.8) is 0 Å². The van der Waals surface area contributed by atoms with E-state index < -0.39 is 10.0 Å². The molecule has 3 nitrogen and oxygen atoms in total. The second-order valence-corrected chi connectivity index (χ2v) is 8.15. The maximum absolute atomic E-state index is 11.9. The Balaban J connectivity index is 2.17. The zero-order valence-corrected chi connectivity index (χ0v) is 12.3. The van der Waals surface area contributed by atoms with E-state index in [2.05, 4.69) is 4.72 Å². The van der Waals surface area contributed by atoms with E-state index in [0.717, 1.165) is 16.2 Å². The Morgan fingerprint density at radius 3 is 2.65 bits per heavy atom. The highest BCUT2D eigenvalue weighted by Gasteiger charge is 2.20. The van der Waals surface area contributed by atoms with Gasteiger partial charge in [-0.15, -0.1) is 22.7 Å². The fraction of sp³-hybridized carbons (Fsp3) is 0.111. The number of halogens is 2. The molecule has 0 unspecified atom stereocenters. The van der Waals surface area contributed by atoms with Crippen molar-refractivity contribution in [2.45, 2.75) is 11.4 Å². The summed E-state index contributed by atoms with van der Waals surface area (Å²) in [7, 11) is -3.60. The van der Waals surface area contributed by atoms with Crippen molar-refractivity contribution in [1.29, 1.82) is 0 Å². The molecule has 0 aliphatic rings. The molecule has 0 bridgehead atoms. The van der Waals surface area contributed by atoms with Crippen LogP contribution in [0.5, 0.6) is 0 Å². The van der Waals surface area contributed by atoms with Crippen LogP contribution >= 0.6 is 45.9 Å². The first-order valence-corrected chi connectivity index (χ1v) is 8.39. The molecule has 92 valence electrons. The minimum Gasteiger partial charge on any atom is -0.207 e. The molecule has 17 heavy (non-hydrogen) atoms. The lowest BCUT2D eigenvalue weighted by Gasteiger charge is -2.03. The second kappa shape index (κ2) is 5.26. The number of hydrogen-bond acceptors (Lipinski definition) is 4. The molecule has 0 fully saturated rings. The van der Waals surface area contributed by atoms with Crippen LogP contribution in [0.2, 0.25) is 8.67 Å². The van der Waals surface area contributed by atoms with Gasteiger partial charge in [0.2, 0.25) is 10.0 Å². The standard InChI is InChI=1S/C9H7Cl2NO2S3/c10-8-4-7(9(11)16-8)17(13,14)12-5-6-2-1-3-15-6/h1-4,12H,5H2. The Hall–Kier alpha value is -0.110. The number of hydrogen-bond donors (Lipinski definition) is 1. The van der Waals surface area contributed by atoms with Gasteiger partial charge in [0, 0.05) is 11.4 Å². The number of thiophene rings is 2. The van der Waals surface area contributed by atoms with Gasteiger partial charge in [-0.2, -0.15) is 0 Å². The molecule has 0 amide bonds.